The number of carbonyl (C=O) groups is 1. The van der Waals surface area contributed by atoms with Crippen molar-refractivity contribution >= 4 is 28.7 Å². The first-order valence-electron chi connectivity index (χ1n) is 10.2. The van der Waals surface area contributed by atoms with Crippen LogP contribution >= 0.6 is 0 Å². The molecule has 1 aliphatic rings. The summed E-state index contributed by atoms with van der Waals surface area (Å²) in [5.41, 5.74) is 2.84. The third kappa shape index (κ3) is 4.50. The number of anilines is 3. The number of carbonyl (C=O) groups excluding carboxylic acids is 1. The number of rotatable bonds is 5. The second-order valence-electron chi connectivity index (χ2n) is 7.61. The molecule has 158 valence electrons. The van der Waals surface area contributed by atoms with Gasteiger partial charge in [0.2, 0.25) is 0 Å². The van der Waals surface area contributed by atoms with E-state index in [0.717, 1.165) is 11.4 Å². The lowest BCUT2D eigenvalue weighted by molar-refractivity contribution is -0.383. The predicted molar refractivity (Wildman–Crippen MR) is 122 cm³/mol. The third-order valence-corrected chi connectivity index (χ3v) is 5.50. The van der Waals surface area contributed by atoms with E-state index in [0.29, 0.717) is 30.9 Å². The number of piperazine rings is 1. The summed E-state index contributed by atoms with van der Waals surface area (Å²) in [6.45, 7) is 3.93. The Morgan fingerprint density at radius 1 is 1.00 bits per heavy atom. The molecule has 1 fully saturated rings. The molecule has 3 aromatic rings. The van der Waals surface area contributed by atoms with Crippen molar-refractivity contribution in [1.82, 2.24) is 4.90 Å². The van der Waals surface area contributed by atoms with Gasteiger partial charge in [0.15, 0.2) is 0 Å². The summed E-state index contributed by atoms with van der Waals surface area (Å²) in [5, 5.41) is 14.7. The highest BCUT2D eigenvalue weighted by molar-refractivity contribution is 5.94. The van der Waals surface area contributed by atoms with Gasteiger partial charge in [-0.25, -0.2) is 0 Å². The number of benzene rings is 3. The molecule has 0 radical (unpaired) electrons. The normalized spacial score (nSPS) is 16.1. The van der Waals surface area contributed by atoms with Crippen molar-refractivity contribution in [1.29, 1.82) is 0 Å². The summed E-state index contributed by atoms with van der Waals surface area (Å²) in [6, 6.07) is 23.8. The summed E-state index contributed by atoms with van der Waals surface area (Å²) in [6.07, 6.45) is 0. The molecule has 0 aromatic heterocycles. The molecular formula is C24H24N4O3. The van der Waals surface area contributed by atoms with Crippen LogP contribution in [0.1, 0.15) is 17.3 Å². The Morgan fingerprint density at radius 2 is 1.68 bits per heavy atom. The Morgan fingerprint density at radius 3 is 2.32 bits per heavy atom. The minimum atomic E-state index is -0.381. The van der Waals surface area contributed by atoms with Crippen molar-refractivity contribution < 1.29 is 9.72 Å². The van der Waals surface area contributed by atoms with Crippen LogP contribution in [0.25, 0.3) is 0 Å². The molecular weight excluding hydrogens is 392 g/mol. The zero-order valence-electron chi connectivity index (χ0n) is 17.3. The topological polar surface area (TPSA) is 78.7 Å². The van der Waals surface area contributed by atoms with Crippen LogP contribution in [0.4, 0.5) is 22.7 Å². The maximum atomic E-state index is 12.9. The van der Waals surface area contributed by atoms with E-state index in [2.05, 4.69) is 10.2 Å². The Kier molecular flexibility index (Phi) is 5.84. The van der Waals surface area contributed by atoms with Gasteiger partial charge in [0.25, 0.3) is 11.6 Å². The van der Waals surface area contributed by atoms with Crippen LogP contribution in [0.15, 0.2) is 78.9 Å². The molecule has 1 amide bonds. The molecule has 1 N–H and O–H groups in total. The Bertz CT molecular complexity index is 1070. The minimum absolute atomic E-state index is 0.0159. The maximum absolute atomic E-state index is 12.9. The van der Waals surface area contributed by atoms with Crippen molar-refractivity contribution in [2.45, 2.75) is 13.0 Å². The van der Waals surface area contributed by atoms with Gasteiger partial charge in [-0.05, 0) is 43.3 Å². The van der Waals surface area contributed by atoms with Crippen molar-refractivity contribution in [2.24, 2.45) is 0 Å². The molecule has 1 aliphatic heterocycles. The van der Waals surface area contributed by atoms with Crippen molar-refractivity contribution in [2.75, 3.05) is 29.9 Å². The molecule has 1 atom stereocenters. The highest BCUT2D eigenvalue weighted by Crippen LogP contribution is 2.33. The number of nitro groups is 1. The standard InChI is InChI=1S/C24H24N4O3/c1-18-17-26(14-15-27(18)24(29)19-8-4-2-5-9-19)21-12-13-23(28(30)31)22(16-21)25-20-10-6-3-7-11-20/h2-13,16,18,25H,14-15,17H2,1H3. The molecule has 0 aliphatic carbocycles. The molecule has 1 heterocycles. The largest absolute Gasteiger partial charge is 0.368 e. The summed E-state index contributed by atoms with van der Waals surface area (Å²) in [4.78, 5) is 28.0. The fourth-order valence-corrected chi connectivity index (χ4v) is 3.90. The van der Waals surface area contributed by atoms with E-state index in [4.69, 9.17) is 0 Å². The summed E-state index contributed by atoms with van der Waals surface area (Å²) in [5.74, 6) is 0.0304. The number of hydrogen-bond donors (Lipinski definition) is 1. The predicted octanol–water partition coefficient (Wildman–Crippen LogP) is 4.69. The number of nitrogens with one attached hydrogen (secondary N) is 1. The monoisotopic (exact) mass is 416 g/mol. The van der Waals surface area contributed by atoms with E-state index < -0.39 is 0 Å². The lowest BCUT2D eigenvalue weighted by atomic mass is 10.1. The second kappa shape index (κ2) is 8.87. The summed E-state index contributed by atoms with van der Waals surface area (Å²) < 4.78 is 0. The van der Waals surface area contributed by atoms with Gasteiger partial charge < -0.3 is 15.1 Å². The zero-order chi connectivity index (χ0) is 21.8. The molecule has 1 saturated heterocycles. The molecule has 3 aromatic carbocycles. The smallest absolute Gasteiger partial charge is 0.292 e. The number of nitrogens with zero attached hydrogens (tertiary/aromatic N) is 3. The average molecular weight is 416 g/mol. The van der Waals surface area contributed by atoms with E-state index in [1.807, 2.05) is 78.6 Å². The van der Waals surface area contributed by atoms with E-state index in [1.165, 1.54) is 6.07 Å². The van der Waals surface area contributed by atoms with E-state index >= 15 is 0 Å². The van der Waals surface area contributed by atoms with Crippen LogP contribution in [-0.2, 0) is 0 Å². The van der Waals surface area contributed by atoms with Crippen LogP contribution < -0.4 is 10.2 Å². The van der Waals surface area contributed by atoms with Crippen LogP contribution in [-0.4, -0.2) is 41.4 Å². The van der Waals surface area contributed by atoms with Gasteiger partial charge in [0, 0.05) is 48.7 Å². The van der Waals surface area contributed by atoms with Gasteiger partial charge in [-0.15, -0.1) is 0 Å². The number of hydrogen-bond acceptors (Lipinski definition) is 5. The fourth-order valence-electron chi connectivity index (χ4n) is 3.90. The van der Waals surface area contributed by atoms with Gasteiger partial charge in [0.05, 0.1) is 4.92 Å². The molecule has 4 rings (SSSR count). The SMILES string of the molecule is CC1CN(c2ccc([N+](=O)[O-])c(Nc3ccccc3)c2)CCN1C(=O)c1ccccc1. The Labute approximate surface area is 181 Å². The fraction of sp³-hybridized carbons (Fsp3) is 0.208. The number of nitro benzene ring substituents is 1. The summed E-state index contributed by atoms with van der Waals surface area (Å²) >= 11 is 0. The average Bonchev–Trinajstić information content (AvgIpc) is 2.79. The second-order valence-corrected chi connectivity index (χ2v) is 7.61. The van der Waals surface area contributed by atoms with E-state index in [-0.39, 0.29) is 22.6 Å². The van der Waals surface area contributed by atoms with E-state index in [9.17, 15) is 14.9 Å². The molecule has 7 nitrogen and oxygen atoms in total. The third-order valence-electron chi connectivity index (χ3n) is 5.50. The van der Waals surface area contributed by atoms with Gasteiger partial charge in [0.1, 0.15) is 5.69 Å². The molecule has 0 bridgehead atoms. The highest BCUT2D eigenvalue weighted by Gasteiger charge is 2.29. The lowest BCUT2D eigenvalue weighted by Crippen LogP contribution is -2.54. The number of amides is 1. The van der Waals surface area contributed by atoms with Gasteiger partial charge in [-0.3, -0.25) is 14.9 Å². The maximum Gasteiger partial charge on any atom is 0.292 e. The molecule has 1 unspecified atom stereocenters. The van der Waals surface area contributed by atoms with Crippen LogP contribution in [0.2, 0.25) is 0 Å². The Hall–Kier alpha value is -3.87. The van der Waals surface area contributed by atoms with Crippen LogP contribution in [0, 0.1) is 10.1 Å². The van der Waals surface area contributed by atoms with Gasteiger partial charge >= 0.3 is 0 Å². The van der Waals surface area contributed by atoms with Gasteiger partial charge in [-0.2, -0.15) is 0 Å². The quantitative estimate of drug-likeness (QED) is 0.482. The van der Waals surface area contributed by atoms with Crippen LogP contribution in [0.3, 0.4) is 0 Å². The van der Waals surface area contributed by atoms with Crippen molar-refractivity contribution in [3.05, 3.63) is 94.5 Å². The first-order valence-corrected chi connectivity index (χ1v) is 10.2. The number of para-hydroxylation sites is 1. The van der Waals surface area contributed by atoms with E-state index in [1.54, 1.807) is 6.07 Å². The molecule has 31 heavy (non-hydrogen) atoms. The lowest BCUT2D eigenvalue weighted by Gasteiger charge is -2.41. The molecule has 0 saturated carbocycles. The van der Waals surface area contributed by atoms with Crippen molar-refractivity contribution in [3.8, 4) is 0 Å². The van der Waals surface area contributed by atoms with Gasteiger partial charge in [-0.1, -0.05) is 36.4 Å². The molecule has 0 spiro atoms. The van der Waals surface area contributed by atoms with Crippen molar-refractivity contribution in [3.63, 3.8) is 0 Å². The van der Waals surface area contributed by atoms with Crippen LogP contribution in [0.5, 0.6) is 0 Å². The minimum Gasteiger partial charge on any atom is -0.368 e. The first kappa shape index (κ1) is 20.4. The Balaban J connectivity index is 1.53. The first-order chi connectivity index (χ1) is 15.0. The zero-order valence-corrected chi connectivity index (χ0v) is 17.3. The highest BCUT2D eigenvalue weighted by atomic mass is 16.6. The summed E-state index contributed by atoms with van der Waals surface area (Å²) in [7, 11) is 0. The molecule has 7 heteroatoms.